The molecule has 6 heteroatoms. The van der Waals surface area contributed by atoms with E-state index in [0.717, 1.165) is 56.8 Å². The van der Waals surface area contributed by atoms with Crippen LogP contribution in [0.15, 0.2) is 54.6 Å². The van der Waals surface area contributed by atoms with Crippen molar-refractivity contribution in [1.29, 1.82) is 0 Å². The molecule has 1 atom stereocenters. The summed E-state index contributed by atoms with van der Waals surface area (Å²) in [6, 6.07) is 18.1. The van der Waals surface area contributed by atoms with Crippen molar-refractivity contribution in [3.05, 3.63) is 65.7 Å². The number of hydrogen-bond acceptors (Lipinski definition) is 4. The molecular weight excluding hydrogens is 402 g/mol. The van der Waals surface area contributed by atoms with Crippen molar-refractivity contribution in [2.24, 2.45) is 5.92 Å². The number of amides is 2. The number of hydrogen-bond donors (Lipinski definition) is 0. The molecule has 2 aromatic rings. The Hall–Kier alpha value is -2.86. The number of carbonyl (C=O) groups is 2. The topological polar surface area (TPSA) is 53.1 Å². The van der Waals surface area contributed by atoms with E-state index in [-0.39, 0.29) is 17.7 Å². The molecule has 6 nitrogen and oxygen atoms in total. The molecule has 0 saturated carbocycles. The van der Waals surface area contributed by atoms with E-state index in [2.05, 4.69) is 17.0 Å². The molecule has 0 aliphatic carbocycles. The van der Waals surface area contributed by atoms with E-state index in [1.165, 1.54) is 5.69 Å². The maximum atomic E-state index is 13.3. The molecule has 0 aromatic heterocycles. The zero-order valence-corrected chi connectivity index (χ0v) is 18.9. The number of para-hydroxylation sites is 1. The molecule has 2 aliphatic rings. The van der Waals surface area contributed by atoms with Gasteiger partial charge in [0.15, 0.2) is 0 Å². The summed E-state index contributed by atoms with van der Waals surface area (Å²) in [6.07, 6.45) is 2.10. The quantitative estimate of drug-likeness (QED) is 0.700. The minimum atomic E-state index is -0.135. The molecule has 0 bridgehead atoms. The zero-order valence-electron chi connectivity index (χ0n) is 18.9. The fraction of sp³-hybridized carbons (Fsp3) is 0.462. The van der Waals surface area contributed by atoms with Crippen LogP contribution in [-0.4, -0.2) is 68.1 Å². The van der Waals surface area contributed by atoms with Crippen LogP contribution in [-0.2, 0) is 27.3 Å². The van der Waals surface area contributed by atoms with Gasteiger partial charge in [-0.3, -0.25) is 9.59 Å². The van der Waals surface area contributed by atoms with Gasteiger partial charge in [-0.05, 0) is 30.0 Å². The Labute approximate surface area is 190 Å². The monoisotopic (exact) mass is 435 g/mol. The predicted octanol–water partition coefficient (Wildman–Crippen LogP) is 2.96. The average molecular weight is 436 g/mol. The van der Waals surface area contributed by atoms with Gasteiger partial charge in [0, 0.05) is 45.5 Å². The smallest absolute Gasteiger partial charge is 0.227 e. The summed E-state index contributed by atoms with van der Waals surface area (Å²) in [6.45, 7) is 5.03. The molecule has 2 fully saturated rings. The van der Waals surface area contributed by atoms with Gasteiger partial charge < -0.3 is 19.4 Å². The average Bonchev–Trinajstić information content (AvgIpc) is 2.85. The Morgan fingerprint density at radius 3 is 2.50 bits per heavy atom. The van der Waals surface area contributed by atoms with Gasteiger partial charge in [0.25, 0.3) is 0 Å². The number of benzene rings is 2. The number of morpholine rings is 1. The summed E-state index contributed by atoms with van der Waals surface area (Å²) in [5.41, 5.74) is 3.35. The number of rotatable bonds is 6. The highest BCUT2D eigenvalue weighted by atomic mass is 16.5. The van der Waals surface area contributed by atoms with Crippen LogP contribution >= 0.6 is 0 Å². The maximum Gasteiger partial charge on any atom is 0.227 e. The Bertz CT molecular complexity index is 912. The van der Waals surface area contributed by atoms with Crippen molar-refractivity contribution in [3.63, 3.8) is 0 Å². The van der Waals surface area contributed by atoms with Gasteiger partial charge in [-0.1, -0.05) is 48.5 Å². The van der Waals surface area contributed by atoms with Crippen molar-refractivity contribution in [1.82, 2.24) is 9.80 Å². The lowest BCUT2D eigenvalue weighted by Crippen LogP contribution is -2.46. The molecule has 2 aromatic carbocycles. The third kappa shape index (κ3) is 5.49. The van der Waals surface area contributed by atoms with Crippen LogP contribution in [0.2, 0.25) is 0 Å². The van der Waals surface area contributed by atoms with Crippen LogP contribution in [0.5, 0.6) is 0 Å². The SMILES string of the molecule is CN(Cc1ccccc1N1CCOCC1)C(=O)C1CCCN(C(=O)Cc2ccccc2)C1. The number of ether oxygens (including phenoxy) is 1. The third-order valence-corrected chi connectivity index (χ3v) is 6.45. The number of nitrogens with zero attached hydrogens (tertiary/aromatic N) is 3. The molecule has 32 heavy (non-hydrogen) atoms. The molecular formula is C26H33N3O3. The van der Waals surface area contributed by atoms with Gasteiger partial charge in [0.2, 0.25) is 11.8 Å². The van der Waals surface area contributed by atoms with Gasteiger partial charge >= 0.3 is 0 Å². The van der Waals surface area contributed by atoms with Crippen LogP contribution in [0.4, 0.5) is 5.69 Å². The summed E-state index contributed by atoms with van der Waals surface area (Å²) >= 11 is 0. The summed E-state index contributed by atoms with van der Waals surface area (Å²) in [5, 5.41) is 0. The third-order valence-electron chi connectivity index (χ3n) is 6.45. The number of piperidine rings is 1. The van der Waals surface area contributed by atoms with Gasteiger partial charge in [-0.2, -0.15) is 0 Å². The van der Waals surface area contributed by atoms with Gasteiger partial charge in [0.05, 0.1) is 25.6 Å². The van der Waals surface area contributed by atoms with E-state index >= 15 is 0 Å². The standard InChI is InChI=1S/C26H33N3O3/c1-27(19-22-10-5-6-12-24(22)28-14-16-32-17-15-28)26(31)23-11-7-13-29(20-23)25(30)18-21-8-3-2-4-9-21/h2-6,8-10,12,23H,7,11,13-20H2,1H3. The highest BCUT2D eigenvalue weighted by molar-refractivity contribution is 5.82. The first-order valence-electron chi connectivity index (χ1n) is 11.6. The fourth-order valence-electron chi connectivity index (χ4n) is 4.69. The molecule has 4 rings (SSSR count). The minimum absolute atomic E-state index is 0.106. The van der Waals surface area contributed by atoms with Crippen molar-refractivity contribution in [2.75, 3.05) is 51.3 Å². The second-order valence-corrected chi connectivity index (χ2v) is 8.76. The van der Waals surface area contributed by atoms with Crippen LogP contribution in [0.3, 0.4) is 0 Å². The van der Waals surface area contributed by atoms with Crippen LogP contribution < -0.4 is 4.90 Å². The van der Waals surface area contributed by atoms with E-state index in [4.69, 9.17) is 4.74 Å². The van der Waals surface area contributed by atoms with Crippen molar-refractivity contribution >= 4 is 17.5 Å². The highest BCUT2D eigenvalue weighted by Crippen LogP contribution is 2.25. The van der Waals surface area contributed by atoms with Crippen molar-refractivity contribution in [3.8, 4) is 0 Å². The normalized spacial score (nSPS) is 19.0. The van der Waals surface area contributed by atoms with Crippen LogP contribution in [0.25, 0.3) is 0 Å². The highest BCUT2D eigenvalue weighted by Gasteiger charge is 2.30. The Kier molecular flexibility index (Phi) is 7.43. The molecule has 2 heterocycles. The molecule has 170 valence electrons. The first-order chi connectivity index (χ1) is 15.6. The minimum Gasteiger partial charge on any atom is -0.378 e. The Balaban J connectivity index is 1.37. The lowest BCUT2D eigenvalue weighted by atomic mass is 9.95. The second kappa shape index (κ2) is 10.6. The zero-order chi connectivity index (χ0) is 22.3. The summed E-state index contributed by atoms with van der Waals surface area (Å²) < 4.78 is 5.49. The van der Waals surface area contributed by atoms with Gasteiger partial charge in [-0.15, -0.1) is 0 Å². The van der Waals surface area contributed by atoms with E-state index < -0.39 is 0 Å². The van der Waals surface area contributed by atoms with Gasteiger partial charge in [-0.25, -0.2) is 0 Å². The molecule has 2 saturated heterocycles. The molecule has 0 N–H and O–H groups in total. The number of likely N-dealkylation sites (tertiary alicyclic amines) is 1. The fourth-order valence-corrected chi connectivity index (χ4v) is 4.69. The van der Waals surface area contributed by atoms with E-state index in [1.807, 2.05) is 59.3 Å². The van der Waals surface area contributed by atoms with Crippen molar-refractivity contribution < 1.29 is 14.3 Å². The van der Waals surface area contributed by atoms with E-state index in [0.29, 0.717) is 19.5 Å². The van der Waals surface area contributed by atoms with Gasteiger partial charge in [0.1, 0.15) is 0 Å². The number of anilines is 1. The lowest BCUT2D eigenvalue weighted by Gasteiger charge is -2.35. The van der Waals surface area contributed by atoms with E-state index in [9.17, 15) is 9.59 Å². The summed E-state index contributed by atoms with van der Waals surface area (Å²) in [5.74, 6) is 0.0945. The summed E-state index contributed by atoms with van der Waals surface area (Å²) in [7, 11) is 1.88. The Morgan fingerprint density at radius 1 is 1.00 bits per heavy atom. The van der Waals surface area contributed by atoms with E-state index in [1.54, 1.807) is 0 Å². The molecule has 0 radical (unpaired) electrons. The molecule has 0 spiro atoms. The largest absolute Gasteiger partial charge is 0.378 e. The Morgan fingerprint density at radius 2 is 1.72 bits per heavy atom. The number of carbonyl (C=O) groups excluding carboxylic acids is 2. The lowest BCUT2D eigenvalue weighted by molar-refractivity contribution is -0.140. The van der Waals surface area contributed by atoms with Crippen LogP contribution in [0, 0.1) is 5.92 Å². The second-order valence-electron chi connectivity index (χ2n) is 8.76. The first kappa shape index (κ1) is 22.3. The molecule has 2 aliphatic heterocycles. The molecule has 2 amide bonds. The van der Waals surface area contributed by atoms with Crippen LogP contribution in [0.1, 0.15) is 24.0 Å². The first-order valence-corrected chi connectivity index (χ1v) is 11.6. The molecule has 1 unspecified atom stereocenters. The maximum absolute atomic E-state index is 13.3. The summed E-state index contributed by atoms with van der Waals surface area (Å²) in [4.78, 5) is 32.1. The predicted molar refractivity (Wildman–Crippen MR) is 125 cm³/mol. The van der Waals surface area contributed by atoms with Crippen molar-refractivity contribution in [2.45, 2.75) is 25.8 Å².